The van der Waals surface area contributed by atoms with Crippen molar-refractivity contribution in [3.05, 3.63) is 65.8 Å². The van der Waals surface area contributed by atoms with Crippen LogP contribution < -0.4 is 18.9 Å². The number of hydrogen-bond acceptors (Lipinski definition) is 8. The number of ether oxygens (including phenoxy) is 4. The molecule has 0 fully saturated rings. The minimum absolute atomic E-state index is 0.0114. The van der Waals surface area contributed by atoms with Crippen LogP contribution in [-0.4, -0.2) is 53.9 Å². The summed E-state index contributed by atoms with van der Waals surface area (Å²) >= 11 is 1.27. The molecule has 0 saturated carbocycles. The van der Waals surface area contributed by atoms with E-state index in [2.05, 4.69) is 16.7 Å². The molecule has 1 N–H and O–H groups in total. The maximum atomic E-state index is 12.6. The van der Waals surface area contributed by atoms with Gasteiger partial charge in [-0.25, -0.2) is 0 Å². The Morgan fingerprint density at radius 3 is 2.49 bits per heavy atom. The first kappa shape index (κ1) is 26.0. The Labute approximate surface area is 220 Å². The highest BCUT2D eigenvalue weighted by Gasteiger charge is 2.34. The lowest BCUT2D eigenvalue weighted by Crippen LogP contribution is -2.35. The van der Waals surface area contributed by atoms with Crippen LogP contribution in [0.25, 0.3) is 6.08 Å². The van der Waals surface area contributed by atoms with E-state index in [1.54, 1.807) is 38.3 Å². The van der Waals surface area contributed by atoms with Crippen LogP contribution in [-0.2, 0) is 11.2 Å². The third kappa shape index (κ3) is 6.03. The number of hydrogen-bond donors (Lipinski definition) is 1. The monoisotopic (exact) mass is 520 g/mol. The highest BCUT2D eigenvalue weighted by atomic mass is 32.2. The summed E-state index contributed by atoms with van der Waals surface area (Å²) in [5, 5.41) is 15.2. The van der Waals surface area contributed by atoms with E-state index in [0.717, 1.165) is 17.0 Å². The molecular formula is C27H28N4O5S. The van der Waals surface area contributed by atoms with Gasteiger partial charge in [0, 0.05) is 0 Å². The first-order valence-corrected chi connectivity index (χ1v) is 12.5. The van der Waals surface area contributed by atoms with E-state index in [9.17, 15) is 4.79 Å². The largest absolute Gasteiger partial charge is 0.493 e. The lowest BCUT2D eigenvalue weighted by atomic mass is 10.1. The number of rotatable bonds is 11. The van der Waals surface area contributed by atoms with Gasteiger partial charge in [0.25, 0.3) is 5.91 Å². The van der Waals surface area contributed by atoms with Crippen molar-refractivity contribution in [1.82, 2.24) is 5.01 Å². The molecule has 192 valence electrons. The van der Waals surface area contributed by atoms with E-state index < -0.39 is 5.91 Å². The molecule has 2 heterocycles. The third-order valence-electron chi connectivity index (χ3n) is 5.34. The summed E-state index contributed by atoms with van der Waals surface area (Å²) in [6.45, 7) is 8.46. The fourth-order valence-corrected chi connectivity index (χ4v) is 4.42. The summed E-state index contributed by atoms with van der Waals surface area (Å²) in [5.74, 6) is 1.86. The number of hydrazone groups is 1. The SMILES string of the molecule is C=CCc1ccc(OCCOc2ccc(/C=C3\C(=N)N4N=C(C)SC4=NC3=O)cc2OCC)c(OC)c1. The Bertz CT molecular complexity index is 1320. The fourth-order valence-electron chi connectivity index (χ4n) is 3.68. The van der Waals surface area contributed by atoms with Gasteiger partial charge in [-0.05, 0) is 73.5 Å². The van der Waals surface area contributed by atoms with Crippen molar-refractivity contribution >= 4 is 39.8 Å². The highest BCUT2D eigenvalue weighted by Crippen LogP contribution is 2.32. The van der Waals surface area contributed by atoms with Crippen LogP contribution in [0, 0.1) is 5.41 Å². The van der Waals surface area contributed by atoms with Crippen LogP contribution in [0.1, 0.15) is 25.0 Å². The number of thioether (sulfide) groups is 1. The molecule has 10 heteroatoms. The van der Waals surface area contributed by atoms with Crippen molar-refractivity contribution in [2.45, 2.75) is 20.3 Å². The van der Waals surface area contributed by atoms with E-state index in [1.807, 2.05) is 31.2 Å². The molecule has 0 spiro atoms. The second-order valence-corrected chi connectivity index (χ2v) is 9.11. The first-order valence-electron chi connectivity index (χ1n) is 11.7. The highest BCUT2D eigenvalue weighted by molar-refractivity contribution is 8.26. The second-order valence-electron chi connectivity index (χ2n) is 7.95. The van der Waals surface area contributed by atoms with Gasteiger partial charge in [-0.15, -0.1) is 6.58 Å². The van der Waals surface area contributed by atoms with Crippen LogP contribution >= 0.6 is 11.8 Å². The zero-order chi connectivity index (χ0) is 26.4. The number of fused-ring (bicyclic) bond motifs is 1. The number of aliphatic imine (C=N–C) groups is 1. The van der Waals surface area contributed by atoms with Crippen LogP contribution in [0.4, 0.5) is 0 Å². The Morgan fingerprint density at radius 2 is 1.78 bits per heavy atom. The first-order chi connectivity index (χ1) is 17.9. The number of amides is 1. The molecule has 0 unspecified atom stereocenters. The van der Waals surface area contributed by atoms with E-state index in [0.29, 0.717) is 46.9 Å². The maximum absolute atomic E-state index is 12.6. The third-order valence-corrected chi connectivity index (χ3v) is 6.16. The van der Waals surface area contributed by atoms with E-state index in [-0.39, 0.29) is 18.0 Å². The molecule has 0 bridgehead atoms. The molecule has 2 aliphatic rings. The van der Waals surface area contributed by atoms with Gasteiger partial charge in [0.1, 0.15) is 13.2 Å². The van der Waals surface area contributed by atoms with Crippen molar-refractivity contribution in [3.8, 4) is 23.0 Å². The van der Waals surface area contributed by atoms with Crippen LogP contribution in [0.2, 0.25) is 0 Å². The molecule has 37 heavy (non-hydrogen) atoms. The molecule has 2 aromatic carbocycles. The number of carbonyl (C=O) groups excluding carboxylic acids is 1. The molecule has 2 aromatic rings. The molecule has 0 saturated heterocycles. The summed E-state index contributed by atoms with van der Waals surface area (Å²) in [6.07, 6.45) is 4.20. The molecular weight excluding hydrogens is 492 g/mol. The summed E-state index contributed by atoms with van der Waals surface area (Å²) in [6, 6.07) is 11.1. The molecule has 4 rings (SSSR count). The minimum atomic E-state index is -0.475. The minimum Gasteiger partial charge on any atom is -0.493 e. The average molecular weight is 521 g/mol. The van der Waals surface area contributed by atoms with E-state index >= 15 is 0 Å². The molecule has 1 amide bonds. The molecule has 0 aliphatic carbocycles. The molecule has 2 aliphatic heterocycles. The fraction of sp³-hybridized carbons (Fsp3) is 0.259. The van der Waals surface area contributed by atoms with E-state index in [4.69, 9.17) is 24.4 Å². The number of methoxy groups -OCH3 is 1. The summed E-state index contributed by atoms with van der Waals surface area (Å²) < 4.78 is 23.0. The smallest absolute Gasteiger partial charge is 0.283 e. The van der Waals surface area contributed by atoms with Crippen molar-refractivity contribution < 1.29 is 23.7 Å². The number of allylic oxidation sites excluding steroid dienone is 1. The summed E-state index contributed by atoms with van der Waals surface area (Å²) in [4.78, 5) is 16.6. The summed E-state index contributed by atoms with van der Waals surface area (Å²) in [5.41, 5.74) is 1.92. The van der Waals surface area contributed by atoms with Crippen LogP contribution in [0.5, 0.6) is 23.0 Å². The number of amidine groups is 2. The quantitative estimate of drug-likeness (QED) is 0.255. The van der Waals surface area contributed by atoms with Gasteiger partial charge < -0.3 is 18.9 Å². The van der Waals surface area contributed by atoms with Crippen LogP contribution in [0.15, 0.2) is 64.7 Å². The number of carbonyl (C=O) groups is 1. The zero-order valence-electron chi connectivity index (χ0n) is 20.9. The Balaban J connectivity index is 1.43. The van der Waals surface area contributed by atoms with Gasteiger partial charge in [0.2, 0.25) is 5.17 Å². The Kier molecular flexibility index (Phi) is 8.29. The normalized spacial score (nSPS) is 15.8. The Morgan fingerprint density at radius 1 is 1.05 bits per heavy atom. The van der Waals surface area contributed by atoms with Crippen LogP contribution in [0.3, 0.4) is 0 Å². The molecule has 0 radical (unpaired) electrons. The standard InChI is InChI=1S/C27H28N4O5S/c1-5-7-18-8-10-21(23(15-18)33-4)35-12-13-36-22-11-9-19(16-24(22)34-6-2)14-20-25(28)31-27(29-26(20)32)37-17(3)30-31/h5,8-11,14-16,28H,1,6-7,12-13H2,2-4H3/b20-14+,28-25?. The van der Waals surface area contributed by atoms with Gasteiger partial charge >= 0.3 is 0 Å². The van der Waals surface area contributed by atoms with Gasteiger partial charge in [0.15, 0.2) is 28.8 Å². The topological polar surface area (TPSA) is 106 Å². The zero-order valence-corrected chi connectivity index (χ0v) is 21.8. The number of nitrogens with zero attached hydrogens (tertiary/aromatic N) is 3. The van der Waals surface area contributed by atoms with Gasteiger partial charge in [-0.2, -0.15) is 15.1 Å². The van der Waals surface area contributed by atoms with Crippen molar-refractivity contribution in [2.24, 2.45) is 10.1 Å². The predicted octanol–water partition coefficient (Wildman–Crippen LogP) is 4.92. The predicted molar refractivity (Wildman–Crippen MR) is 146 cm³/mol. The average Bonchev–Trinajstić information content (AvgIpc) is 3.26. The Hall–Kier alpha value is -4.05. The van der Waals surface area contributed by atoms with Gasteiger partial charge in [-0.1, -0.05) is 18.2 Å². The van der Waals surface area contributed by atoms with Crippen molar-refractivity contribution in [2.75, 3.05) is 26.9 Å². The number of nitrogens with one attached hydrogen (secondary N) is 1. The summed E-state index contributed by atoms with van der Waals surface area (Å²) in [7, 11) is 1.60. The number of benzene rings is 2. The van der Waals surface area contributed by atoms with Gasteiger partial charge in [-0.3, -0.25) is 10.2 Å². The van der Waals surface area contributed by atoms with E-state index in [1.165, 1.54) is 16.8 Å². The molecule has 9 nitrogen and oxygen atoms in total. The van der Waals surface area contributed by atoms with Crippen molar-refractivity contribution in [1.29, 1.82) is 5.41 Å². The van der Waals surface area contributed by atoms with Gasteiger partial charge in [0.05, 0.1) is 24.3 Å². The lowest BCUT2D eigenvalue weighted by Gasteiger charge is -2.20. The second kappa shape index (κ2) is 11.8. The molecule has 0 aromatic heterocycles. The van der Waals surface area contributed by atoms with Crippen molar-refractivity contribution in [3.63, 3.8) is 0 Å². The molecule has 0 atom stereocenters. The maximum Gasteiger partial charge on any atom is 0.283 e. The lowest BCUT2D eigenvalue weighted by molar-refractivity contribution is -0.114.